The van der Waals surface area contributed by atoms with Crippen LogP contribution in [0.4, 0.5) is 0 Å². The number of ether oxygens (including phenoxy) is 3. The van der Waals surface area contributed by atoms with Gasteiger partial charge in [-0.25, -0.2) is 0 Å². The Hall–Kier alpha value is -3.15. The lowest BCUT2D eigenvalue weighted by molar-refractivity contribution is -0.167. The topological polar surface area (TPSA) is 78.9 Å². The summed E-state index contributed by atoms with van der Waals surface area (Å²) in [5.41, 5.74) is 0. The SMILES string of the molecule is CC/C=C\C/C=C\C/C=C\CCCCCCC(=O)OCC(COC(=O)CCCCCCC/C=C\CCCCCCCCCCC)OC(=O)CCCCCCCCC/C=C\C/C=C\CCCCC. The molecule has 1 unspecified atom stereocenters. The number of carbonyl (C=O) groups excluding carboxylic acids is 3. The Kier molecular flexibility index (Phi) is 52.8. The molecule has 0 aromatic heterocycles. The Morgan fingerprint density at radius 3 is 0.955 bits per heavy atom. The minimum atomic E-state index is -0.793. The van der Waals surface area contributed by atoms with Gasteiger partial charge >= 0.3 is 17.9 Å². The van der Waals surface area contributed by atoms with E-state index in [-0.39, 0.29) is 31.1 Å². The van der Waals surface area contributed by atoms with E-state index in [4.69, 9.17) is 14.2 Å². The Morgan fingerprint density at radius 2 is 0.582 bits per heavy atom. The van der Waals surface area contributed by atoms with Crippen molar-refractivity contribution in [1.29, 1.82) is 0 Å². The molecule has 0 saturated heterocycles. The van der Waals surface area contributed by atoms with Crippen molar-refractivity contribution in [3.63, 3.8) is 0 Å². The second-order valence-electron chi connectivity index (χ2n) is 18.8. The summed E-state index contributed by atoms with van der Waals surface area (Å²) in [6.45, 7) is 6.49. The third kappa shape index (κ3) is 53.7. The van der Waals surface area contributed by atoms with Gasteiger partial charge in [0, 0.05) is 19.3 Å². The van der Waals surface area contributed by atoms with Gasteiger partial charge in [-0.05, 0) is 109 Å². The number of hydrogen-bond acceptors (Lipinski definition) is 6. The van der Waals surface area contributed by atoms with Crippen LogP contribution in [0.1, 0.15) is 278 Å². The monoisotopic (exact) mass is 935 g/mol. The van der Waals surface area contributed by atoms with Crippen LogP contribution < -0.4 is 0 Å². The van der Waals surface area contributed by atoms with Crippen molar-refractivity contribution >= 4 is 17.9 Å². The van der Waals surface area contributed by atoms with E-state index in [0.29, 0.717) is 19.3 Å². The Balaban J connectivity index is 4.42. The average Bonchev–Trinajstić information content (AvgIpc) is 3.33. The molecule has 0 saturated carbocycles. The van der Waals surface area contributed by atoms with Gasteiger partial charge in [-0.3, -0.25) is 14.4 Å². The van der Waals surface area contributed by atoms with E-state index in [2.05, 4.69) is 93.7 Å². The van der Waals surface area contributed by atoms with Crippen LogP contribution in [0.15, 0.2) is 72.9 Å². The highest BCUT2D eigenvalue weighted by Crippen LogP contribution is 2.15. The predicted molar refractivity (Wildman–Crippen MR) is 288 cm³/mol. The van der Waals surface area contributed by atoms with Crippen LogP contribution in [-0.4, -0.2) is 37.2 Å². The molecule has 0 aromatic carbocycles. The van der Waals surface area contributed by atoms with E-state index < -0.39 is 6.10 Å². The highest BCUT2D eigenvalue weighted by molar-refractivity contribution is 5.71. The largest absolute Gasteiger partial charge is 0.462 e. The zero-order valence-corrected chi connectivity index (χ0v) is 44.2. The van der Waals surface area contributed by atoms with Crippen molar-refractivity contribution < 1.29 is 28.6 Å². The summed E-state index contributed by atoms with van der Waals surface area (Å²) in [5, 5.41) is 0. The molecule has 0 heterocycles. The van der Waals surface area contributed by atoms with Crippen molar-refractivity contribution in [2.45, 2.75) is 284 Å². The molecule has 386 valence electrons. The van der Waals surface area contributed by atoms with Crippen LogP contribution in [0, 0.1) is 0 Å². The summed E-state index contributed by atoms with van der Waals surface area (Å²) in [6, 6.07) is 0. The lowest BCUT2D eigenvalue weighted by Gasteiger charge is -2.18. The molecule has 0 aliphatic carbocycles. The molecule has 0 aromatic rings. The summed E-state index contributed by atoms with van der Waals surface area (Å²) in [5.74, 6) is -0.921. The van der Waals surface area contributed by atoms with E-state index in [1.807, 2.05) is 0 Å². The third-order valence-electron chi connectivity index (χ3n) is 12.2. The van der Waals surface area contributed by atoms with Gasteiger partial charge in [0.2, 0.25) is 0 Å². The van der Waals surface area contributed by atoms with Crippen LogP contribution in [0.5, 0.6) is 0 Å². The maximum atomic E-state index is 12.8. The van der Waals surface area contributed by atoms with Crippen molar-refractivity contribution in [3.05, 3.63) is 72.9 Å². The number of rotatable bonds is 51. The number of esters is 3. The zero-order valence-electron chi connectivity index (χ0n) is 44.2. The first-order valence-electron chi connectivity index (χ1n) is 28.4. The minimum Gasteiger partial charge on any atom is -0.462 e. The summed E-state index contributed by atoms with van der Waals surface area (Å²) < 4.78 is 16.8. The first kappa shape index (κ1) is 63.8. The first-order chi connectivity index (χ1) is 33.0. The van der Waals surface area contributed by atoms with Gasteiger partial charge in [-0.15, -0.1) is 0 Å². The van der Waals surface area contributed by atoms with E-state index in [9.17, 15) is 14.4 Å². The number of carbonyl (C=O) groups is 3. The molecule has 0 aliphatic heterocycles. The zero-order chi connectivity index (χ0) is 48.6. The van der Waals surface area contributed by atoms with Gasteiger partial charge in [-0.1, -0.05) is 222 Å². The maximum Gasteiger partial charge on any atom is 0.306 e. The number of hydrogen-bond donors (Lipinski definition) is 0. The predicted octanol–water partition coefficient (Wildman–Crippen LogP) is 19.0. The van der Waals surface area contributed by atoms with E-state index >= 15 is 0 Å². The average molecular weight is 936 g/mol. The molecule has 1 atom stereocenters. The molecule has 0 spiro atoms. The molecular formula is C61H106O6. The Labute approximate surface area is 414 Å². The highest BCUT2D eigenvalue weighted by Gasteiger charge is 2.19. The third-order valence-corrected chi connectivity index (χ3v) is 12.2. The molecule has 0 amide bonds. The summed E-state index contributed by atoms with van der Waals surface area (Å²) in [7, 11) is 0. The molecule has 0 fully saturated rings. The molecule has 6 nitrogen and oxygen atoms in total. The fourth-order valence-corrected chi connectivity index (χ4v) is 7.89. The molecule has 0 rings (SSSR count). The molecule has 0 radical (unpaired) electrons. The summed E-state index contributed by atoms with van der Waals surface area (Å²) >= 11 is 0. The van der Waals surface area contributed by atoms with Crippen LogP contribution in [-0.2, 0) is 28.6 Å². The number of unbranched alkanes of at least 4 members (excludes halogenated alkanes) is 28. The van der Waals surface area contributed by atoms with Gasteiger partial charge in [-0.2, -0.15) is 0 Å². The maximum absolute atomic E-state index is 12.8. The number of allylic oxidation sites excluding steroid dienone is 12. The summed E-state index contributed by atoms with van der Waals surface area (Å²) in [4.78, 5) is 38.1. The van der Waals surface area contributed by atoms with Gasteiger partial charge in [0.05, 0.1) is 0 Å². The Morgan fingerprint density at radius 1 is 0.313 bits per heavy atom. The second kappa shape index (κ2) is 55.4. The van der Waals surface area contributed by atoms with Crippen molar-refractivity contribution in [2.75, 3.05) is 13.2 Å². The molecule has 0 bridgehead atoms. The molecular weight excluding hydrogens is 829 g/mol. The van der Waals surface area contributed by atoms with Crippen molar-refractivity contribution in [2.24, 2.45) is 0 Å². The van der Waals surface area contributed by atoms with E-state index in [1.54, 1.807) is 0 Å². The van der Waals surface area contributed by atoms with Crippen LogP contribution in [0.3, 0.4) is 0 Å². The van der Waals surface area contributed by atoms with E-state index in [1.165, 1.54) is 128 Å². The lowest BCUT2D eigenvalue weighted by Crippen LogP contribution is -2.30. The molecule has 0 N–H and O–H groups in total. The molecule has 6 heteroatoms. The smallest absolute Gasteiger partial charge is 0.306 e. The normalized spacial score (nSPS) is 12.6. The summed E-state index contributed by atoms with van der Waals surface area (Å²) in [6.07, 6.45) is 70.3. The quantitative estimate of drug-likeness (QED) is 0.0262. The van der Waals surface area contributed by atoms with Crippen molar-refractivity contribution in [3.8, 4) is 0 Å². The second-order valence-corrected chi connectivity index (χ2v) is 18.8. The van der Waals surface area contributed by atoms with Crippen LogP contribution >= 0.6 is 0 Å². The van der Waals surface area contributed by atoms with Gasteiger partial charge < -0.3 is 14.2 Å². The van der Waals surface area contributed by atoms with Crippen LogP contribution in [0.2, 0.25) is 0 Å². The fraction of sp³-hybridized carbons (Fsp3) is 0.754. The minimum absolute atomic E-state index is 0.0899. The van der Waals surface area contributed by atoms with Crippen molar-refractivity contribution in [1.82, 2.24) is 0 Å². The fourth-order valence-electron chi connectivity index (χ4n) is 7.89. The molecule has 67 heavy (non-hydrogen) atoms. The lowest BCUT2D eigenvalue weighted by atomic mass is 10.1. The highest BCUT2D eigenvalue weighted by atomic mass is 16.6. The standard InChI is InChI=1S/C61H106O6/c1-4-7-10-13-16-19-22-25-28-30-32-33-36-39-42-45-48-51-54-60(63)66-57-58(56-65-59(62)53-50-47-44-41-38-35-27-24-21-18-15-12-9-6-3)67-61(64)55-52-49-46-43-40-37-34-31-29-26-23-20-17-14-11-8-5-2/h9,12,17-18,20-21,26-27,29,32-33,35,58H,4-8,10-11,13-16,19,22-25,28,30-31,34,36-57H2,1-3H3/b12-9-,20-17-,21-18-,29-26-,33-32-,35-27-. The van der Waals surface area contributed by atoms with Gasteiger partial charge in [0.1, 0.15) is 13.2 Å². The van der Waals surface area contributed by atoms with Crippen LogP contribution in [0.25, 0.3) is 0 Å². The van der Waals surface area contributed by atoms with Gasteiger partial charge in [0.15, 0.2) is 6.10 Å². The molecule has 0 aliphatic rings. The van der Waals surface area contributed by atoms with E-state index in [0.717, 1.165) is 109 Å². The first-order valence-corrected chi connectivity index (χ1v) is 28.4. The Bertz CT molecular complexity index is 1260. The van der Waals surface area contributed by atoms with Gasteiger partial charge in [0.25, 0.3) is 0 Å².